The number of methoxy groups -OCH3 is 2. The topological polar surface area (TPSA) is 107 Å². The van der Waals surface area contributed by atoms with E-state index in [1.165, 1.54) is 14.0 Å². The van der Waals surface area contributed by atoms with E-state index in [2.05, 4.69) is 15.8 Å². The number of amides is 1. The number of fused-ring (bicyclic) bond motifs is 1. The van der Waals surface area contributed by atoms with Gasteiger partial charge in [0.1, 0.15) is 12.2 Å². The van der Waals surface area contributed by atoms with Crippen molar-refractivity contribution in [1.82, 2.24) is 5.43 Å². The fraction of sp³-hybridized carbons (Fsp3) is 0.348. The van der Waals surface area contributed by atoms with Crippen molar-refractivity contribution in [1.29, 1.82) is 0 Å². The molecule has 0 fully saturated rings. The first-order valence-corrected chi connectivity index (χ1v) is 10.7. The number of nitrogens with zero attached hydrogens (tertiary/aromatic N) is 1. The number of esters is 1. The number of carbonyl (C=O) groups is 2. The van der Waals surface area contributed by atoms with Crippen LogP contribution in [0.5, 0.6) is 11.5 Å². The summed E-state index contributed by atoms with van der Waals surface area (Å²) in [6.07, 6.45) is -1.72. The molecule has 2 aromatic carbocycles. The summed E-state index contributed by atoms with van der Waals surface area (Å²) in [6, 6.07) is 10.7. The van der Waals surface area contributed by atoms with Gasteiger partial charge in [-0.15, -0.1) is 0 Å². The average molecular weight is 476 g/mol. The smallest absolute Gasteiger partial charge is 0.308 e. The van der Waals surface area contributed by atoms with Crippen molar-refractivity contribution >= 4 is 35.0 Å². The number of amidine groups is 1. The van der Waals surface area contributed by atoms with Gasteiger partial charge in [-0.05, 0) is 31.2 Å². The van der Waals surface area contributed by atoms with Crippen LogP contribution >= 0.6 is 11.6 Å². The van der Waals surface area contributed by atoms with E-state index in [9.17, 15) is 9.59 Å². The molecule has 1 aliphatic heterocycles. The van der Waals surface area contributed by atoms with E-state index < -0.39 is 18.2 Å². The van der Waals surface area contributed by atoms with Crippen LogP contribution in [0.2, 0.25) is 5.02 Å². The van der Waals surface area contributed by atoms with E-state index >= 15 is 0 Å². The first-order chi connectivity index (χ1) is 15.9. The van der Waals surface area contributed by atoms with Crippen molar-refractivity contribution in [3.05, 3.63) is 52.5 Å². The molecule has 33 heavy (non-hydrogen) atoms. The number of hydrazone groups is 1. The minimum Gasteiger partial charge on any atom is -0.493 e. The van der Waals surface area contributed by atoms with Gasteiger partial charge in [-0.1, -0.05) is 23.7 Å². The maximum Gasteiger partial charge on any atom is 0.308 e. The number of benzene rings is 2. The Morgan fingerprint density at radius 3 is 2.64 bits per heavy atom. The molecule has 1 heterocycles. The van der Waals surface area contributed by atoms with Crippen LogP contribution in [0, 0.1) is 0 Å². The van der Waals surface area contributed by atoms with Gasteiger partial charge < -0.3 is 24.3 Å². The number of anilines is 1. The van der Waals surface area contributed by atoms with E-state index in [0.29, 0.717) is 33.3 Å². The summed E-state index contributed by atoms with van der Waals surface area (Å²) >= 11 is 6.32. The predicted molar refractivity (Wildman–Crippen MR) is 124 cm³/mol. The van der Waals surface area contributed by atoms with Crippen molar-refractivity contribution in [2.24, 2.45) is 5.10 Å². The molecule has 2 aromatic rings. The van der Waals surface area contributed by atoms with Gasteiger partial charge in [-0.2, -0.15) is 5.10 Å². The van der Waals surface area contributed by atoms with Gasteiger partial charge >= 0.3 is 5.97 Å². The van der Waals surface area contributed by atoms with Crippen LogP contribution in [0.25, 0.3) is 0 Å². The predicted octanol–water partition coefficient (Wildman–Crippen LogP) is 3.66. The van der Waals surface area contributed by atoms with Crippen LogP contribution < -0.4 is 20.2 Å². The zero-order chi connectivity index (χ0) is 24.0. The van der Waals surface area contributed by atoms with Crippen LogP contribution in [-0.2, 0) is 19.1 Å². The Hall–Kier alpha value is -3.30. The molecule has 176 valence electrons. The first kappa shape index (κ1) is 24.3. The number of hydrogen-bond donors (Lipinski definition) is 2. The minimum atomic E-state index is -0.872. The Kier molecular flexibility index (Phi) is 8.13. The van der Waals surface area contributed by atoms with Gasteiger partial charge in [0.15, 0.2) is 17.3 Å². The second kappa shape index (κ2) is 11.0. The molecular weight excluding hydrogens is 450 g/mol. The molecule has 0 spiro atoms. The van der Waals surface area contributed by atoms with Gasteiger partial charge in [0.05, 0.1) is 27.2 Å². The molecular formula is C23H26ClN3O6. The number of halogens is 1. The van der Waals surface area contributed by atoms with Gasteiger partial charge in [0.25, 0.3) is 0 Å². The molecule has 0 radical (unpaired) electrons. The molecule has 2 atom stereocenters. The lowest BCUT2D eigenvalue weighted by molar-refractivity contribution is -0.145. The quantitative estimate of drug-likeness (QED) is 0.464. The third-order valence-electron chi connectivity index (χ3n) is 4.87. The van der Waals surface area contributed by atoms with E-state index in [0.717, 1.165) is 0 Å². The van der Waals surface area contributed by atoms with Gasteiger partial charge in [0.2, 0.25) is 5.91 Å². The van der Waals surface area contributed by atoms with Crippen LogP contribution in [0.1, 0.15) is 37.5 Å². The van der Waals surface area contributed by atoms with Crippen molar-refractivity contribution in [2.75, 3.05) is 26.1 Å². The minimum absolute atomic E-state index is 0.135. The summed E-state index contributed by atoms with van der Waals surface area (Å²) in [5.41, 5.74) is 4.40. The van der Waals surface area contributed by atoms with Crippen LogP contribution in [0.4, 0.5) is 5.69 Å². The second-order valence-electron chi connectivity index (χ2n) is 7.12. The van der Waals surface area contributed by atoms with Gasteiger partial charge in [-0.25, -0.2) is 5.43 Å². The summed E-state index contributed by atoms with van der Waals surface area (Å²) in [7, 11) is 3.08. The molecule has 0 saturated carbocycles. The largest absolute Gasteiger partial charge is 0.493 e. The molecule has 0 saturated heterocycles. The van der Waals surface area contributed by atoms with Gasteiger partial charge in [-0.3, -0.25) is 9.59 Å². The molecule has 2 N–H and O–H groups in total. The van der Waals surface area contributed by atoms with Crippen molar-refractivity contribution in [3.63, 3.8) is 0 Å². The summed E-state index contributed by atoms with van der Waals surface area (Å²) in [4.78, 5) is 23.9. The number of rotatable bonds is 7. The summed E-state index contributed by atoms with van der Waals surface area (Å²) in [6.45, 7) is 3.28. The maximum atomic E-state index is 12.4. The molecule has 3 rings (SSSR count). The Bertz CT molecular complexity index is 1060. The molecule has 10 heteroatoms. The summed E-state index contributed by atoms with van der Waals surface area (Å²) < 4.78 is 22.6. The van der Waals surface area contributed by atoms with E-state index in [-0.39, 0.29) is 24.8 Å². The zero-order valence-corrected chi connectivity index (χ0v) is 19.6. The number of para-hydroxylation sites is 1. The SMILES string of the molecule is CCOC(=O)C[C@H]1O[C@H](c2cccc(OC)c2OC)c2cc(Cl)ccc2N/C1=N\NC(C)=O. The lowest BCUT2D eigenvalue weighted by Crippen LogP contribution is -2.34. The van der Waals surface area contributed by atoms with Crippen molar-refractivity contribution < 1.29 is 28.5 Å². The monoisotopic (exact) mass is 475 g/mol. The molecule has 0 aliphatic carbocycles. The second-order valence-corrected chi connectivity index (χ2v) is 7.55. The Balaban J connectivity index is 2.16. The zero-order valence-electron chi connectivity index (χ0n) is 18.8. The highest BCUT2D eigenvalue weighted by molar-refractivity contribution is 6.30. The van der Waals surface area contributed by atoms with Crippen LogP contribution in [0.15, 0.2) is 41.5 Å². The van der Waals surface area contributed by atoms with E-state index in [1.807, 2.05) is 12.1 Å². The molecule has 1 amide bonds. The molecule has 0 bridgehead atoms. The molecule has 0 aromatic heterocycles. The fourth-order valence-electron chi connectivity index (χ4n) is 3.50. The Morgan fingerprint density at radius 2 is 1.97 bits per heavy atom. The third kappa shape index (κ3) is 5.74. The van der Waals surface area contributed by atoms with Crippen molar-refractivity contribution in [2.45, 2.75) is 32.5 Å². The van der Waals surface area contributed by atoms with Crippen molar-refractivity contribution in [3.8, 4) is 11.5 Å². The van der Waals surface area contributed by atoms with Gasteiger partial charge in [0, 0.05) is 28.8 Å². The van der Waals surface area contributed by atoms with Crippen LogP contribution in [0.3, 0.4) is 0 Å². The highest BCUT2D eigenvalue weighted by Crippen LogP contribution is 2.43. The number of ether oxygens (including phenoxy) is 4. The number of carbonyl (C=O) groups excluding carboxylic acids is 2. The Morgan fingerprint density at radius 1 is 1.18 bits per heavy atom. The molecule has 9 nitrogen and oxygen atoms in total. The fourth-order valence-corrected chi connectivity index (χ4v) is 3.68. The lowest BCUT2D eigenvalue weighted by Gasteiger charge is -2.24. The highest BCUT2D eigenvalue weighted by atomic mass is 35.5. The first-order valence-electron chi connectivity index (χ1n) is 10.3. The number of nitrogens with one attached hydrogen (secondary N) is 2. The number of hydrogen-bond acceptors (Lipinski definition) is 7. The highest BCUT2D eigenvalue weighted by Gasteiger charge is 2.34. The maximum absolute atomic E-state index is 12.4. The van der Waals surface area contributed by atoms with E-state index in [4.69, 9.17) is 30.5 Å². The standard InChI is InChI=1S/C23H26ClN3O6/c1-5-32-20(29)12-19-23(27-26-13(2)28)25-17-10-9-14(24)11-16(17)21(33-19)15-7-6-8-18(30-3)22(15)31-4/h6-11,19,21H,5,12H2,1-4H3,(H,25,27)(H,26,28)/t19-,21-/m1/s1. The van der Waals surface area contributed by atoms with E-state index in [1.54, 1.807) is 38.3 Å². The molecule has 0 unspecified atom stereocenters. The lowest BCUT2D eigenvalue weighted by atomic mass is 9.98. The molecule has 1 aliphatic rings. The third-order valence-corrected chi connectivity index (χ3v) is 5.11. The van der Waals surface area contributed by atoms with Crippen LogP contribution in [-0.4, -0.2) is 44.6 Å². The average Bonchev–Trinajstić information content (AvgIpc) is 2.93. The normalized spacial score (nSPS) is 18.5. The Labute approximate surface area is 197 Å². The summed E-state index contributed by atoms with van der Waals surface area (Å²) in [5, 5.41) is 7.82. The summed E-state index contributed by atoms with van der Waals surface area (Å²) in [5.74, 6) is 0.402.